The highest BCUT2D eigenvalue weighted by atomic mass is 16.5. The van der Waals surface area contributed by atoms with Gasteiger partial charge in [0.25, 0.3) is 0 Å². The molecule has 244 valence electrons. The van der Waals surface area contributed by atoms with Gasteiger partial charge in [-0.2, -0.15) is 0 Å². The minimum absolute atomic E-state index is 0.639. The first kappa shape index (κ1) is 29.8. The van der Waals surface area contributed by atoms with Gasteiger partial charge in [0.15, 0.2) is 17.5 Å². The number of rotatable bonds is 5. The maximum atomic E-state index is 6.53. The molecule has 0 bridgehead atoms. The van der Waals surface area contributed by atoms with Crippen molar-refractivity contribution in [1.82, 2.24) is 19.5 Å². The van der Waals surface area contributed by atoms with Crippen LogP contribution < -0.4 is 4.74 Å². The third kappa shape index (κ3) is 5.07. The van der Waals surface area contributed by atoms with Crippen LogP contribution in [0.1, 0.15) is 0 Å². The summed E-state index contributed by atoms with van der Waals surface area (Å²) in [4.78, 5) is 14.6. The zero-order valence-electron chi connectivity index (χ0n) is 28.0. The fourth-order valence-electron chi connectivity index (χ4n) is 7.22. The minimum Gasteiger partial charge on any atom is -0.456 e. The molecule has 0 aliphatic carbocycles. The van der Waals surface area contributed by atoms with Crippen molar-refractivity contribution >= 4 is 10.9 Å². The summed E-state index contributed by atoms with van der Waals surface area (Å²) in [6.07, 6.45) is 0. The standard InChI is InChI=1S/C47H30N4O/c1-3-13-33(14-4-1)45-48-46(34-15-5-2-6-16-34)50-47(49-45)35-25-23-31(24-26-35)32-27-29-36(30-28-32)51-40-20-10-7-17-37(40)43-38-18-8-11-21-41(38)52-42-22-12-9-19-39(42)44(43)51/h1-30H. The minimum atomic E-state index is 0.639. The molecule has 0 radical (unpaired) electrons. The summed E-state index contributed by atoms with van der Waals surface area (Å²) < 4.78 is 8.91. The van der Waals surface area contributed by atoms with Crippen LogP contribution in [0.3, 0.4) is 0 Å². The van der Waals surface area contributed by atoms with Crippen molar-refractivity contribution in [2.24, 2.45) is 0 Å². The lowest BCUT2D eigenvalue weighted by molar-refractivity contribution is 0.487. The zero-order valence-corrected chi connectivity index (χ0v) is 28.0. The van der Waals surface area contributed by atoms with Gasteiger partial charge < -0.3 is 9.30 Å². The number of nitrogens with zero attached hydrogens (tertiary/aromatic N) is 4. The molecule has 5 nitrogen and oxygen atoms in total. The average Bonchev–Trinajstić information content (AvgIpc) is 3.49. The fraction of sp³-hybridized carbons (Fsp3) is 0. The Morgan fingerprint density at radius 2 is 0.808 bits per heavy atom. The van der Waals surface area contributed by atoms with Gasteiger partial charge in [-0.25, -0.2) is 15.0 Å². The van der Waals surface area contributed by atoms with E-state index < -0.39 is 0 Å². The van der Waals surface area contributed by atoms with Gasteiger partial charge in [0.1, 0.15) is 11.5 Å². The summed E-state index contributed by atoms with van der Waals surface area (Å²) in [7, 11) is 0. The SMILES string of the molecule is c1ccc(-c2nc(-c3ccccc3)nc(-c3ccc(-c4ccc(-n5c6c(c7ccccc75)-c5ccccc5Oc5ccccc5-6)cc4)cc3)n2)cc1. The maximum absolute atomic E-state index is 6.53. The number of para-hydroxylation sites is 3. The van der Waals surface area contributed by atoms with Gasteiger partial charge in [-0.3, -0.25) is 0 Å². The van der Waals surface area contributed by atoms with Crippen molar-refractivity contribution in [2.75, 3.05) is 0 Å². The van der Waals surface area contributed by atoms with E-state index in [1.165, 1.54) is 10.9 Å². The Labute approximate surface area is 301 Å². The molecule has 9 aromatic rings. The zero-order chi connectivity index (χ0) is 34.4. The van der Waals surface area contributed by atoms with Crippen LogP contribution in [0.2, 0.25) is 0 Å². The van der Waals surface area contributed by atoms with Gasteiger partial charge in [-0.05, 0) is 47.5 Å². The van der Waals surface area contributed by atoms with Gasteiger partial charge in [0.2, 0.25) is 0 Å². The van der Waals surface area contributed by atoms with E-state index in [-0.39, 0.29) is 0 Å². The van der Waals surface area contributed by atoms with Crippen LogP contribution in [0.25, 0.3) is 84.3 Å². The molecule has 0 unspecified atom stereocenters. The summed E-state index contributed by atoms with van der Waals surface area (Å²) in [6.45, 7) is 0. The van der Waals surface area contributed by atoms with Crippen LogP contribution in [0.15, 0.2) is 182 Å². The second-order valence-corrected chi connectivity index (χ2v) is 12.8. The van der Waals surface area contributed by atoms with Crippen LogP contribution in [0.5, 0.6) is 11.5 Å². The van der Waals surface area contributed by atoms with E-state index in [1.807, 2.05) is 72.8 Å². The molecule has 5 heteroatoms. The summed E-state index contributed by atoms with van der Waals surface area (Å²) in [5.41, 5.74) is 11.8. The fourth-order valence-corrected chi connectivity index (χ4v) is 7.22. The maximum Gasteiger partial charge on any atom is 0.164 e. The number of aromatic nitrogens is 4. The normalized spacial score (nSPS) is 11.6. The van der Waals surface area contributed by atoms with Crippen molar-refractivity contribution in [3.63, 3.8) is 0 Å². The predicted octanol–water partition coefficient (Wildman–Crippen LogP) is 11.9. The molecule has 3 heterocycles. The first-order valence-corrected chi connectivity index (χ1v) is 17.4. The number of hydrogen-bond acceptors (Lipinski definition) is 4. The van der Waals surface area contributed by atoms with Crippen LogP contribution in [0.4, 0.5) is 0 Å². The lowest BCUT2D eigenvalue weighted by Gasteiger charge is -2.14. The van der Waals surface area contributed by atoms with E-state index in [0.717, 1.165) is 67.3 Å². The number of fused-ring (bicyclic) bond motifs is 7. The first-order chi connectivity index (χ1) is 25.8. The van der Waals surface area contributed by atoms with Crippen LogP contribution in [-0.4, -0.2) is 19.5 Å². The first-order valence-electron chi connectivity index (χ1n) is 17.4. The second kappa shape index (κ2) is 12.3. The van der Waals surface area contributed by atoms with Gasteiger partial charge in [-0.15, -0.1) is 0 Å². The molecule has 1 aliphatic heterocycles. The highest BCUT2D eigenvalue weighted by Crippen LogP contribution is 2.51. The van der Waals surface area contributed by atoms with Gasteiger partial charge >= 0.3 is 0 Å². The number of benzene rings is 7. The van der Waals surface area contributed by atoms with Crippen molar-refractivity contribution in [1.29, 1.82) is 0 Å². The molecule has 0 N–H and O–H groups in total. The Balaban J connectivity index is 1.04. The van der Waals surface area contributed by atoms with E-state index in [0.29, 0.717) is 17.5 Å². The van der Waals surface area contributed by atoms with E-state index in [2.05, 4.69) is 114 Å². The average molecular weight is 667 g/mol. The van der Waals surface area contributed by atoms with E-state index in [1.54, 1.807) is 0 Å². The monoisotopic (exact) mass is 666 g/mol. The van der Waals surface area contributed by atoms with Gasteiger partial charge in [0.05, 0.1) is 11.2 Å². The number of hydrogen-bond donors (Lipinski definition) is 0. The third-order valence-electron chi connectivity index (χ3n) is 9.69. The molecular weight excluding hydrogens is 637 g/mol. The largest absolute Gasteiger partial charge is 0.456 e. The Hall–Kier alpha value is -7.11. The molecule has 0 saturated heterocycles. The van der Waals surface area contributed by atoms with Crippen LogP contribution in [0, 0.1) is 0 Å². The predicted molar refractivity (Wildman–Crippen MR) is 209 cm³/mol. The molecule has 2 aromatic heterocycles. The van der Waals surface area contributed by atoms with Crippen molar-refractivity contribution in [2.45, 2.75) is 0 Å². The Bertz CT molecular complexity index is 2680. The molecule has 0 spiro atoms. The molecule has 0 saturated carbocycles. The summed E-state index contributed by atoms with van der Waals surface area (Å²) >= 11 is 0. The number of ether oxygens (including phenoxy) is 1. The van der Waals surface area contributed by atoms with Crippen molar-refractivity contribution in [3.8, 4) is 84.9 Å². The molecule has 0 atom stereocenters. The van der Waals surface area contributed by atoms with Gasteiger partial charge in [-0.1, -0.05) is 146 Å². The van der Waals surface area contributed by atoms with E-state index >= 15 is 0 Å². The molecular formula is C47H30N4O. The van der Waals surface area contributed by atoms with Crippen LogP contribution >= 0.6 is 0 Å². The Morgan fingerprint density at radius 3 is 1.42 bits per heavy atom. The molecule has 0 fully saturated rings. The topological polar surface area (TPSA) is 52.8 Å². The summed E-state index contributed by atoms with van der Waals surface area (Å²) in [5, 5.41) is 1.19. The van der Waals surface area contributed by atoms with E-state index in [4.69, 9.17) is 19.7 Å². The van der Waals surface area contributed by atoms with Crippen molar-refractivity contribution < 1.29 is 4.74 Å². The third-order valence-corrected chi connectivity index (χ3v) is 9.69. The summed E-state index contributed by atoms with van der Waals surface area (Å²) in [6, 6.07) is 62.7. The van der Waals surface area contributed by atoms with Crippen molar-refractivity contribution in [3.05, 3.63) is 182 Å². The summed E-state index contributed by atoms with van der Waals surface area (Å²) in [5.74, 6) is 3.65. The lowest BCUT2D eigenvalue weighted by Crippen LogP contribution is -2.00. The molecule has 1 aliphatic rings. The van der Waals surface area contributed by atoms with E-state index in [9.17, 15) is 0 Å². The molecule has 0 amide bonds. The highest BCUT2D eigenvalue weighted by Gasteiger charge is 2.28. The van der Waals surface area contributed by atoms with Gasteiger partial charge in [0, 0.05) is 44.5 Å². The quantitative estimate of drug-likeness (QED) is 0.183. The molecule has 52 heavy (non-hydrogen) atoms. The second-order valence-electron chi connectivity index (χ2n) is 12.8. The highest BCUT2D eigenvalue weighted by molar-refractivity contribution is 6.08. The van der Waals surface area contributed by atoms with Crippen LogP contribution in [-0.2, 0) is 0 Å². The Kier molecular flexibility index (Phi) is 7.07. The molecule has 7 aromatic carbocycles. The molecule has 10 rings (SSSR count). The Morgan fingerprint density at radius 1 is 0.365 bits per heavy atom. The smallest absolute Gasteiger partial charge is 0.164 e. The lowest BCUT2D eigenvalue weighted by atomic mass is 9.98.